The fourth-order valence-corrected chi connectivity index (χ4v) is 1.86. The van der Waals surface area contributed by atoms with Crippen molar-refractivity contribution in [3.05, 3.63) is 47.2 Å². The van der Waals surface area contributed by atoms with Crippen LogP contribution in [0.4, 0.5) is 27.6 Å². The van der Waals surface area contributed by atoms with Gasteiger partial charge in [-0.15, -0.1) is 0 Å². The van der Waals surface area contributed by atoms with Crippen molar-refractivity contribution in [2.24, 2.45) is 5.73 Å². The first-order chi connectivity index (χ1) is 10.1. The van der Waals surface area contributed by atoms with Crippen molar-refractivity contribution in [3.8, 4) is 11.3 Å². The molecule has 0 aliphatic carbocycles. The average molecular weight is 317 g/mol. The summed E-state index contributed by atoms with van der Waals surface area (Å²) in [5.41, 5.74) is 6.61. The first kappa shape index (κ1) is 15.7. The highest BCUT2D eigenvalue weighted by Crippen LogP contribution is 2.41. The van der Waals surface area contributed by atoms with Crippen molar-refractivity contribution < 1.29 is 26.7 Å². The van der Waals surface area contributed by atoms with E-state index >= 15 is 0 Å². The number of pyridine rings is 1. The van der Waals surface area contributed by atoms with Crippen molar-refractivity contribution >= 4 is 11.6 Å². The van der Waals surface area contributed by atoms with Gasteiger partial charge in [-0.25, -0.2) is 8.78 Å². The Morgan fingerprint density at radius 1 is 1.18 bits per heavy atom. The molecule has 0 saturated carbocycles. The number of rotatable bonds is 2. The number of aromatic nitrogens is 1. The van der Waals surface area contributed by atoms with E-state index in [0.717, 1.165) is 12.3 Å². The highest BCUT2D eigenvalue weighted by Gasteiger charge is 2.39. The SMILES string of the molecule is NC(=O)c1ccnc(-c2cc(F)c(F)c(C(F)(F)F)c2N)c1. The molecule has 4 nitrogen and oxygen atoms in total. The number of halogens is 5. The maximum atomic E-state index is 13.4. The third-order valence-corrected chi connectivity index (χ3v) is 2.86. The molecule has 4 N–H and O–H groups in total. The normalized spacial score (nSPS) is 11.5. The van der Waals surface area contributed by atoms with E-state index in [9.17, 15) is 26.7 Å². The third kappa shape index (κ3) is 2.69. The molecule has 0 aliphatic rings. The van der Waals surface area contributed by atoms with Gasteiger partial charge in [0.25, 0.3) is 0 Å². The molecule has 1 aromatic heterocycles. The monoisotopic (exact) mass is 317 g/mol. The van der Waals surface area contributed by atoms with Gasteiger partial charge in [0.15, 0.2) is 11.6 Å². The summed E-state index contributed by atoms with van der Waals surface area (Å²) in [5.74, 6) is -4.69. The summed E-state index contributed by atoms with van der Waals surface area (Å²) in [7, 11) is 0. The molecule has 0 spiro atoms. The van der Waals surface area contributed by atoms with Gasteiger partial charge in [-0.3, -0.25) is 9.78 Å². The molecule has 0 fully saturated rings. The average Bonchev–Trinajstić information content (AvgIpc) is 2.41. The molecule has 1 aromatic carbocycles. The van der Waals surface area contributed by atoms with Crippen LogP contribution in [0.5, 0.6) is 0 Å². The van der Waals surface area contributed by atoms with Gasteiger partial charge in [-0.05, 0) is 18.2 Å². The van der Waals surface area contributed by atoms with Gasteiger partial charge >= 0.3 is 6.18 Å². The quantitative estimate of drug-likeness (QED) is 0.660. The van der Waals surface area contributed by atoms with E-state index < -0.39 is 40.5 Å². The number of alkyl halides is 3. The van der Waals surface area contributed by atoms with Gasteiger partial charge in [0.2, 0.25) is 5.91 Å². The molecule has 0 atom stereocenters. The topological polar surface area (TPSA) is 82.0 Å². The number of anilines is 1. The molecular weight excluding hydrogens is 309 g/mol. The van der Waals surface area contributed by atoms with Crippen LogP contribution in [0.15, 0.2) is 24.4 Å². The van der Waals surface area contributed by atoms with E-state index in [1.807, 2.05) is 0 Å². The van der Waals surface area contributed by atoms with Crippen molar-refractivity contribution in [2.75, 3.05) is 5.73 Å². The van der Waals surface area contributed by atoms with Crippen LogP contribution in [0.1, 0.15) is 15.9 Å². The van der Waals surface area contributed by atoms with E-state index in [-0.39, 0.29) is 11.3 Å². The molecule has 0 saturated heterocycles. The summed E-state index contributed by atoms with van der Waals surface area (Å²) in [5, 5.41) is 0. The third-order valence-electron chi connectivity index (χ3n) is 2.86. The van der Waals surface area contributed by atoms with Gasteiger partial charge in [-0.1, -0.05) is 0 Å². The van der Waals surface area contributed by atoms with E-state index in [1.165, 1.54) is 6.07 Å². The van der Waals surface area contributed by atoms with E-state index in [0.29, 0.717) is 6.07 Å². The number of hydrogen-bond donors (Lipinski definition) is 2. The lowest BCUT2D eigenvalue weighted by Gasteiger charge is -2.15. The Labute approximate surface area is 120 Å². The second-order valence-electron chi connectivity index (χ2n) is 4.30. The number of nitrogens with zero attached hydrogens (tertiary/aromatic N) is 1. The first-order valence-corrected chi connectivity index (χ1v) is 5.73. The minimum Gasteiger partial charge on any atom is -0.398 e. The summed E-state index contributed by atoms with van der Waals surface area (Å²) in [6.07, 6.45) is -4.10. The van der Waals surface area contributed by atoms with Gasteiger partial charge in [0.1, 0.15) is 5.56 Å². The molecule has 1 amide bonds. The number of benzene rings is 1. The van der Waals surface area contributed by atoms with Crippen molar-refractivity contribution in [1.82, 2.24) is 4.98 Å². The van der Waals surface area contributed by atoms with Crippen LogP contribution in [0, 0.1) is 11.6 Å². The fraction of sp³-hybridized carbons (Fsp3) is 0.0769. The minimum atomic E-state index is -5.19. The number of carbonyl (C=O) groups is 1. The van der Waals surface area contributed by atoms with Gasteiger partial charge in [-0.2, -0.15) is 13.2 Å². The number of primary amides is 1. The van der Waals surface area contributed by atoms with E-state index in [2.05, 4.69) is 4.98 Å². The Hall–Kier alpha value is -2.71. The van der Waals surface area contributed by atoms with Crippen LogP contribution >= 0.6 is 0 Å². The van der Waals surface area contributed by atoms with Crippen LogP contribution in [-0.4, -0.2) is 10.9 Å². The van der Waals surface area contributed by atoms with Crippen molar-refractivity contribution in [2.45, 2.75) is 6.18 Å². The second kappa shape index (κ2) is 5.24. The summed E-state index contributed by atoms with van der Waals surface area (Å²) in [6, 6.07) is 2.73. The lowest BCUT2D eigenvalue weighted by molar-refractivity contribution is -0.139. The molecule has 2 aromatic rings. The number of carbonyl (C=O) groups excluding carboxylic acids is 1. The largest absolute Gasteiger partial charge is 0.421 e. The summed E-state index contributed by atoms with van der Waals surface area (Å²) in [4.78, 5) is 14.8. The highest BCUT2D eigenvalue weighted by molar-refractivity contribution is 5.94. The number of nitrogen functional groups attached to an aromatic ring is 1. The van der Waals surface area contributed by atoms with E-state index in [1.54, 1.807) is 0 Å². The Balaban J connectivity index is 2.75. The molecule has 2 rings (SSSR count). The fourth-order valence-electron chi connectivity index (χ4n) is 1.86. The minimum absolute atomic E-state index is 0.0670. The zero-order chi connectivity index (χ0) is 16.7. The first-order valence-electron chi connectivity index (χ1n) is 5.73. The second-order valence-corrected chi connectivity index (χ2v) is 4.30. The van der Waals surface area contributed by atoms with Crippen molar-refractivity contribution in [3.63, 3.8) is 0 Å². The van der Waals surface area contributed by atoms with Gasteiger partial charge in [0, 0.05) is 17.3 Å². The zero-order valence-electron chi connectivity index (χ0n) is 10.7. The van der Waals surface area contributed by atoms with Crippen LogP contribution in [0.3, 0.4) is 0 Å². The Bertz CT molecular complexity index is 758. The molecule has 0 bridgehead atoms. The lowest BCUT2D eigenvalue weighted by atomic mass is 10.0. The number of nitrogens with two attached hydrogens (primary N) is 2. The van der Waals surface area contributed by atoms with Crippen LogP contribution in [0.25, 0.3) is 11.3 Å². The predicted molar refractivity (Wildman–Crippen MR) is 67.5 cm³/mol. The summed E-state index contributed by atoms with van der Waals surface area (Å²) >= 11 is 0. The maximum Gasteiger partial charge on any atom is 0.421 e. The van der Waals surface area contributed by atoms with Gasteiger partial charge in [0.05, 0.1) is 11.4 Å². The molecule has 0 radical (unpaired) electrons. The number of amides is 1. The van der Waals surface area contributed by atoms with Crippen LogP contribution < -0.4 is 11.5 Å². The van der Waals surface area contributed by atoms with E-state index in [4.69, 9.17) is 11.5 Å². The Kier molecular flexibility index (Phi) is 3.74. The molecule has 9 heteroatoms. The molecule has 0 unspecified atom stereocenters. The maximum absolute atomic E-state index is 13.4. The molecule has 22 heavy (non-hydrogen) atoms. The summed E-state index contributed by atoms with van der Waals surface area (Å²) in [6.45, 7) is 0. The highest BCUT2D eigenvalue weighted by atomic mass is 19.4. The van der Waals surface area contributed by atoms with Gasteiger partial charge < -0.3 is 11.5 Å². The Morgan fingerprint density at radius 2 is 1.82 bits per heavy atom. The van der Waals surface area contributed by atoms with Crippen LogP contribution in [-0.2, 0) is 6.18 Å². The van der Waals surface area contributed by atoms with Crippen LogP contribution in [0.2, 0.25) is 0 Å². The zero-order valence-corrected chi connectivity index (χ0v) is 10.7. The Morgan fingerprint density at radius 3 is 2.36 bits per heavy atom. The molecule has 1 heterocycles. The smallest absolute Gasteiger partial charge is 0.398 e. The van der Waals surface area contributed by atoms with Crippen molar-refractivity contribution in [1.29, 1.82) is 0 Å². The standard InChI is InChI=1S/C13H8F5N3O/c14-7-4-6(8-3-5(12(20)22)1-2-21-8)11(19)9(10(7)15)13(16,17)18/h1-4H,19H2,(H2,20,22). The molecular formula is C13H8F5N3O. The lowest BCUT2D eigenvalue weighted by Crippen LogP contribution is -2.15. The summed E-state index contributed by atoms with van der Waals surface area (Å²) < 4.78 is 65.3. The molecule has 116 valence electrons. The molecule has 0 aliphatic heterocycles. The predicted octanol–water partition coefficient (Wildman–Crippen LogP) is 2.73. The number of hydrogen-bond acceptors (Lipinski definition) is 3.